The minimum absolute atomic E-state index is 0.0502. The summed E-state index contributed by atoms with van der Waals surface area (Å²) in [6.07, 6.45) is -3.23. The van der Waals surface area contributed by atoms with Crippen molar-refractivity contribution in [2.45, 2.75) is 12.6 Å². The fraction of sp³-hybridized carbons (Fsp3) is 0.200. The van der Waals surface area contributed by atoms with Gasteiger partial charge in [-0.3, -0.25) is 9.69 Å². The number of aromatic nitrogens is 1. The molecule has 0 fully saturated rings. The second kappa shape index (κ2) is 5.28. The molecule has 0 bridgehead atoms. The van der Waals surface area contributed by atoms with Gasteiger partial charge in [0.1, 0.15) is 0 Å². The van der Waals surface area contributed by atoms with Crippen LogP contribution in [-0.4, -0.2) is 17.4 Å². The van der Waals surface area contributed by atoms with Gasteiger partial charge in [0.05, 0.1) is 10.6 Å². The number of hydrogen-bond donors (Lipinski definition) is 0. The molecule has 0 spiro atoms. The van der Waals surface area contributed by atoms with E-state index in [9.17, 15) is 18.0 Å². The second-order valence-electron chi connectivity index (χ2n) is 4.89. The quantitative estimate of drug-likeness (QED) is 0.795. The van der Waals surface area contributed by atoms with Gasteiger partial charge < -0.3 is 0 Å². The van der Waals surface area contributed by atoms with Gasteiger partial charge in [0.25, 0.3) is 5.91 Å². The molecule has 1 aromatic carbocycles. The molecular formula is C15H10ClF3N2O. The van der Waals surface area contributed by atoms with Gasteiger partial charge in [-0.2, -0.15) is 13.2 Å². The largest absolute Gasteiger partial charge is 0.417 e. The minimum atomic E-state index is -4.52. The van der Waals surface area contributed by atoms with Gasteiger partial charge in [0.15, 0.2) is 5.82 Å². The second-order valence-corrected chi connectivity index (χ2v) is 5.30. The number of amides is 1. The summed E-state index contributed by atoms with van der Waals surface area (Å²) < 4.78 is 37.9. The van der Waals surface area contributed by atoms with Crippen molar-refractivity contribution in [3.8, 4) is 0 Å². The van der Waals surface area contributed by atoms with Gasteiger partial charge in [-0.05, 0) is 24.1 Å². The van der Waals surface area contributed by atoms with Crippen molar-refractivity contribution in [3.63, 3.8) is 0 Å². The number of carbonyl (C=O) groups is 1. The molecule has 22 heavy (non-hydrogen) atoms. The van der Waals surface area contributed by atoms with Crippen molar-refractivity contribution >= 4 is 23.3 Å². The normalized spacial score (nSPS) is 14.9. The summed E-state index contributed by atoms with van der Waals surface area (Å²) in [5.41, 5.74) is 0.490. The Morgan fingerprint density at radius 1 is 1.23 bits per heavy atom. The van der Waals surface area contributed by atoms with Crippen LogP contribution in [0.1, 0.15) is 21.5 Å². The summed E-state index contributed by atoms with van der Waals surface area (Å²) in [5, 5.41) is -0.192. The van der Waals surface area contributed by atoms with Crippen LogP contribution in [0.4, 0.5) is 19.0 Å². The van der Waals surface area contributed by atoms with Crippen LogP contribution < -0.4 is 4.90 Å². The highest BCUT2D eigenvalue weighted by Gasteiger charge is 2.33. The van der Waals surface area contributed by atoms with Crippen LogP contribution in [0.15, 0.2) is 36.5 Å². The first kappa shape index (κ1) is 14.8. The number of halogens is 4. The molecule has 3 nitrogen and oxygen atoms in total. The molecule has 1 aliphatic heterocycles. The molecule has 1 amide bonds. The molecule has 2 aromatic rings. The predicted molar refractivity (Wildman–Crippen MR) is 76.1 cm³/mol. The standard InChI is InChI=1S/C15H10ClF3N2O/c16-12-7-10(15(17,18)19)8-20-13(12)21-6-5-9-3-1-2-4-11(9)14(21)22/h1-4,7-8H,5-6H2. The molecule has 1 aliphatic rings. The lowest BCUT2D eigenvalue weighted by Crippen LogP contribution is -2.38. The Kier molecular flexibility index (Phi) is 3.56. The number of pyridine rings is 1. The zero-order valence-electron chi connectivity index (χ0n) is 11.2. The number of alkyl halides is 3. The molecule has 0 N–H and O–H groups in total. The van der Waals surface area contributed by atoms with Crippen molar-refractivity contribution in [2.75, 3.05) is 11.4 Å². The Morgan fingerprint density at radius 3 is 2.64 bits per heavy atom. The fourth-order valence-electron chi connectivity index (χ4n) is 2.41. The molecule has 7 heteroatoms. The highest BCUT2D eigenvalue weighted by molar-refractivity contribution is 6.33. The number of nitrogens with zero attached hydrogens (tertiary/aromatic N) is 2. The lowest BCUT2D eigenvalue weighted by molar-refractivity contribution is -0.137. The summed E-state index contributed by atoms with van der Waals surface area (Å²) in [4.78, 5) is 17.5. The van der Waals surface area contributed by atoms with Crippen molar-refractivity contribution in [2.24, 2.45) is 0 Å². The van der Waals surface area contributed by atoms with Crippen molar-refractivity contribution in [1.82, 2.24) is 4.98 Å². The van der Waals surface area contributed by atoms with Crippen LogP contribution in [0.2, 0.25) is 5.02 Å². The highest BCUT2D eigenvalue weighted by atomic mass is 35.5. The number of hydrogen-bond acceptors (Lipinski definition) is 2. The van der Waals surface area contributed by atoms with E-state index in [1.807, 2.05) is 12.1 Å². The zero-order chi connectivity index (χ0) is 15.9. The molecule has 3 rings (SSSR count). The first-order valence-corrected chi connectivity index (χ1v) is 6.88. The molecule has 0 aliphatic carbocycles. The van der Waals surface area contributed by atoms with E-state index in [1.165, 1.54) is 4.90 Å². The Balaban J connectivity index is 1.98. The van der Waals surface area contributed by atoms with E-state index in [4.69, 9.17) is 11.6 Å². The average molecular weight is 327 g/mol. The van der Waals surface area contributed by atoms with Crippen LogP contribution in [0.5, 0.6) is 0 Å². The van der Waals surface area contributed by atoms with Crippen LogP contribution >= 0.6 is 11.6 Å². The maximum Gasteiger partial charge on any atom is 0.417 e. The third kappa shape index (κ3) is 2.54. The highest BCUT2D eigenvalue weighted by Crippen LogP contribution is 2.34. The van der Waals surface area contributed by atoms with Gasteiger partial charge in [0.2, 0.25) is 0 Å². The molecular weight excluding hydrogens is 317 g/mol. The first-order chi connectivity index (χ1) is 10.4. The molecule has 0 saturated heterocycles. The Morgan fingerprint density at radius 2 is 1.95 bits per heavy atom. The number of fused-ring (bicyclic) bond motifs is 1. The molecule has 0 atom stereocenters. The molecule has 0 saturated carbocycles. The number of rotatable bonds is 1. The van der Waals surface area contributed by atoms with E-state index < -0.39 is 11.7 Å². The average Bonchev–Trinajstić information content (AvgIpc) is 2.47. The fourth-order valence-corrected chi connectivity index (χ4v) is 2.68. The summed E-state index contributed by atoms with van der Waals surface area (Å²) in [6, 6.07) is 7.90. The molecule has 2 heterocycles. The number of carbonyl (C=O) groups excluding carboxylic acids is 1. The lowest BCUT2D eigenvalue weighted by Gasteiger charge is -2.28. The Bertz CT molecular complexity index is 746. The van der Waals surface area contributed by atoms with E-state index in [0.29, 0.717) is 24.7 Å². The molecule has 0 radical (unpaired) electrons. The predicted octanol–water partition coefficient (Wildman–Crippen LogP) is 3.96. The molecule has 0 unspecified atom stereocenters. The maximum absolute atomic E-state index is 12.6. The summed E-state index contributed by atoms with van der Waals surface area (Å²) in [5.74, 6) is -0.259. The van der Waals surface area contributed by atoms with E-state index >= 15 is 0 Å². The van der Waals surface area contributed by atoms with Crippen LogP contribution in [0, 0.1) is 0 Å². The van der Waals surface area contributed by atoms with Gasteiger partial charge in [-0.25, -0.2) is 4.98 Å². The Labute approximate surface area is 129 Å². The van der Waals surface area contributed by atoms with Gasteiger partial charge >= 0.3 is 6.18 Å². The number of anilines is 1. The van der Waals surface area contributed by atoms with Crippen LogP contribution in [0.25, 0.3) is 0 Å². The summed E-state index contributed by atoms with van der Waals surface area (Å²) in [6.45, 7) is 0.327. The van der Waals surface area contributed by atoms with E-state index in [0.717, 1.165) is 11.6 Å². The van der Waals surface area contributed by atoms with E-state index in [1.54, 1.807) is 12.1 Å². The van der Waals surface area contributed by atoms with Crippen molar-refractivity contribution in [1.29, 1.82) is 0 Å². The number of benzene rings is 1. The SMILES string of the molecule is O=C1c2ccccc2CCN1c1ncc(C(F)(F)F)cc1Cl. The van der Waals surface area contributed by atoms with Crippen molar-refractivity contribution < 1.29 is 18.0 Å². The minimum Gasteiger partial charge on any atom is -0.291 e. The summed E-state index contributed by atoms with van der Waals surface area (Å²) in [7, 11) is 0. The van der Waals surface area contributed by atoms with Gasteiger partial charge in [-0.1, -0.05) is 29.8 Å². The smallest absolute Gasteiger partial charge is 0.291 e. The Hall–Kier alpha value is -2.08. The van der Waals surface area contributed by atoms with Crippen LogP contribution in [0.3, 0.4) is 0 Å². The van der Waals surface area contributed by atoms with Gasteiger partial charge in [0, 0.05) is 18.3 Å². The van der Waals surface area contributed by atoms with Crippen molar-refractivity contribution in [3.05, 3.63) is 58.2 Å². The third-order valence-corrected chi connectivity index (χ3v) is 3.78. The summed E-state index contributed by atoms with van der Waals surface area (Å²) >= 11 is 5.90. The van der Waals surface area contributed by atoms with E-state index in [-0.39, 0.29) is 16.7 Å². The molecule has 1 aromatic heterocycles. The van der Waals surface area contributed by atoms with Gasteiger partial charge in [-0.15, -0.1) is 0 Å². The lowest BCUT2D eigenvalue weighted by atomic mass is 9.99. The maximum atomic E-state index is 12.6. The monoisotopic (exact) mass is 326 g/mol. The van der Waals surface area contributed by atoms with Crippen LogP contribution in [-0.2, 0) is 12.6 Å². The van der Waals surface area contributed by atoms with E-state index in [2.05, 4.69) is 4.98 Å². The first-order valence-electron chi connectivity index (χ1n) is 6.50. The zero-order valence-corrected chi connectivity index (χ0v) is 11.9. The topological polar surface area (TPSA) is 33.2 Å². The molecule has 114 valence electrons. The third-order valence-electron chi connectivity index (χ3n) is 3.50.